The zero-order chi connectivity index (χ0) is 12.8. The first-order valence-electron chi connectivity index (χ1n) is 7.03. The number of amides is 1. The molecule has 1 rings (SSSR count). The van der Waals surface area contributed by atoms with Gasteiger partial charge in [-0.05, 0) is 38.5 Å². The Bertz CT molecular complexity index is 240. The molecule has 0 bridgehead atoms. The highest BCUT2D eigenvalue weighted by Crippen LogP contribution is 2.27. The van der Waals surface area contributed by atoms with E-state index in [1.807, 2.05) is 18.9 Å². The normalized spacial score (nSPS) is 26.6. The quantitative estimate of drug-likeness (QED) is 0.802. The van der Waals surface area contributed by atoms with Gasteiger partial charge in [0.2, 0.25) is 5.91 Å². The second-order valence-corrected chi connectivity index (χ2v) is 5.70. The maximum Gasteiger partial charge on any atom is 0.222 e. The van der Waals surface area contributed by atoms with E-state index >= 15 is 0 Å². The Balaban J connectivity index is 2.34. The average Bonchev–Trinajstić information content (AvgIpc) is 2.28. The van der Waals surface area contributed by atoms with Crippen LogP contribution in [0.1, 0.15) is 58.8 Å². The molecule has 0 aliphatic heterocycles. The highest BCUT2D eigenvalue weighted by molar-refractivity contribution is 5.76. The number of hydrogen-bond donors (Lipinski definition) is 1. The van der Waals surface area contributed by atoms with E-state index in [2.05, 4.69) is 6.92 Å². The highest BCUT2D eigenvalue weighted by atomic mass is 16.2. The molecule has 1 aliphatic rings. The van der Waals surface area contributed by atoms with Crippen molar-refractivity contribution in [2.75, 3.05) is 7.05 Å². The Morgan fingerprint density at radius 3 is 2.65 bits per heavy atom. The van der Waals surface area contributed by atoms with E-state index in [9.17, 15) is 4.79 Å². The number of rotatable bonds is 5. The molecule has 100 valence electrons. The molecule has 1 saturated carbocycles. The zero-order valence-electron chi connectivity index (χ0n) is 11.6. The summed E-state index contributed by atoms with van der Waals surface area (Å²) in [5, 5.41) is 0. The fourth-order valence-corrected chi connectivity index (χ4v) is 2.81. The van der Waals surface area contributed by atoms with Crippen LogP contribution in [0.2, 0.25) is 0 Å². The summed E-state index contributed by atoms with van der Waals surface area (Å²) in [5.41, 5.74) is 5.69. The molecule has 1 fully saturated rings. The maximum absolute atomic E-state index is 12.1. The molecule has 3 unspecified atom stereocenters. The van der Waals surface area contributed by atoms with Crippen molar-refractivity contribution in [1.82, 2.24) is 4.90 Å². The lowest BCUT2D eigenvalue weighted by atomic mass is 9.85. The van der Waals surface area contributed by atoms with Gasteiger partial charge in [-0.1, -0.05) is 19.8 Å². The number of hydrogen-bond acceptors (Lipinski definition) is 2. The van der Waals surface area contributed by atoms with Gasteiger partial charge in [-0.3, -0.25) is 4.79 Å². The van der Waals surface area contributed by atoms with Gasteiger partial charge in [0.1, 0.15) is 0 Å². The molecule has 1 amide bonds. The Kier molecular flexibility index (Phi) is 5.96. The summed E-state index contributed by atoms with van der Waals surface area (Å²) in [6, 6.07) is 0.674. The lowest BCUT2D eigenvalue weighted by Crippen LogP contribution is -2.42. The predicted octanol–water partition coefficient (Wildman–Crippen LogP) is 2.54. The maximum atomic E-state index is 12.1. The van der Waals surface area contributed by atoms with Gasteiger partial charge in [0.25, 0.3) is 0 Å². The van der Waals surface area contributed by atoms with Crippen molar-refractivity contribution in [2.45, 2.75) is 70.9 Å². The minimum absolute atomic E-state index is 0.210. The molecule has 0 aromatic rings. The van der Waals surface area contributed by atoms with Gasteiger partial charge >= 0.3 is 0 Å². The van der Waals surface area contributed by atoms with Gasteiger partial charge in [-0.2, -0.15) is 0 Å². The van der Waals surface area contributed by atoms with Gasteiger partial charge in [0.15, 0.2) is 0 Å². The number of carbonyl (C=O) groups is 1. The van der Waals surface area contributed by atoms with E-state index in [4.69, 9.17) is 5.73 Å². The third-order valence-electron chi connectivity index (χ3n) is 4.01. The van der Waals surface area contributed by atoms with Crippen LogP contribution >= 0.6 is 0 Å². The fourth-order valence-electron chi connectivity index (χ4n) is 2.81. The second-order valence-electron chi connectivity index (χ2n) is 5.70. The Morgan fingerprint density at radius 2 is 2.06 bits per heavy atom. The van der Waals surface area contributed by atoms with Crippen LogP contribution in [0.3, 0.4) is 0 Å². The third-order valence-corrected chi connectivity index (χ3v) is 4.01. The molecule has 17 heavy (non-hydrogen) atoms. The van der Waals surface area contributed by atoms with Gasteiger partial charge in [-0.15, -0.1) is 0 Å². The van der Waals surface area contributed by atoms with Crippen molar-refractivity contribution >= 4 is 5.91 Å². The first-order valence-corrected chi connectivity index (χ1v) is 7.03. The van der Waals surface area contributed by atoms with Gasteiger partial charge in [0, 0.05) is 25.6 Å². The largest absolute Gasteiger partial charge is 0.343 e. The summed E-state index contributed by atoms with van der Waals surface area (Å²) < 4.78 is 0. The molecular weight excluding hydrogens is 212 g/mol. The SMILES string of the molecule is CC(N)CCCC(=O)N(C)C1CCCCC1C. The molecule has 0 aromatic carbocycles. The van der Waals surface area contributed by atoms with Crippen molar-refractivity contribution in [2.24, 2.45) is 11.7 Å². The van der Waals surface area contributed by atoms with Gasteiger partial charge < -0.3 is 10.6 Å². The van der Waals surface area contributed by atoms with Crippen LogP contribution in [0.5, 0.6) is 0 Å². The fraction of sp³-hybridized carbons (Fsp3) is 0.929. The first kappa shape index (κ1) is 14.5. The molecule has 3 nitrogen and oxygen atoms in total. The Labute approximate surface area is 106 Å². The van der Waals surface area contributed by atoms with E-state index in [1.165, 1.54) is 25.7 Å². The summed E-state index contributed by atoms with van der Waals surface area (Å²) in [6.45, 7) is 4.27. The van der Waals surface area contributed by atoms with Crippen LogP contribution in [0.15, 0.2) is 0 Å². The van der Waals surface area contributed by atoms with Gasteiger partial charge in [0.05, 0.1) is 0 Å². The minimum Gasteiger partial charge on any atom is -0.343 e. The zero-order valence-corrected chi connectivity index (χ0v) is 11.6. The van der Waals surface area contributed by atoms with Gasteiger partial charge in [-0.25, -0.2) is 0 Å². The number of nitrogens with zero attached hydrogens (tertiary/aromatic N) is 1. The van der Waals surface area contributed by atoms with Crippen LogP contribution in [0, 0.1) is 5.92 Å². The second kappa shape index (κ2) is 7.00. The van der Waals surface area contributed by atoms with E-state index < -0.39 is 0 Å². The lowest BCUT2D eigenvalue weighted by Gasteiger charge is -2.36. The predicted molar refractivity (Wildman–Crippen MR) is 71.7 cm³/mol. The molecule has 0 aromatic heterocycles. The van der Waals surface area contributed by atoms with E-state index in [0.717, 1.165) is 12.8 Å². The summed E-state index contributed by atoms with van der Waals surface area (Å²) in [5.74, 6) is 0.954. The minimum atomic E-state index is 0.210. The van der Waals surface area contributed by atoms with Crippen LogP contribution in [0.4, 0.5) is 0 Å². The lowest BCUT2D eigenvalue weighted by molar-refractivity contribution is -0.133. The van der Waals surface area contributed by atoms with Crippen LogP contribution in [0.25, 0.3) is 0 Å². The topological polar surface area (TPSA) is 46.3 Å². The number of carbonyl (C=O) groups excluding carboxylic acids is 1. The molecule has 0 saturated heterocycles. The highest BCUT2D eigenvalue weighted by Gasteiger charge is 2.27. The molecule has 0 heterocycles. The van der Waals surface area contributed by atoms with Crippen molar-refractivity contribution in [1.29, 1.82) is 0 Å². The summed E-state index contributed by atoms with van der Waals surface area (Å²) >= 11 is 0. The summed E-state index contributed by atoms with van der Waals surface area (Å²) in [7, 11) is 1.97. The molecule has 1 aliphatic carbocycles. The summed E-state index contributed by atoms with van der Waals surface area (Å²) in [4.78, 5) is 14.0. The Morgan fingerprint density at radius 1 is 1.41 bits per heavy atom. The molecule has 2 N–H and O–H groups in total. The first-order chi connectivity index (χ1) is 8.02. The van der Waals surface area contributed by atoms with Crippen molar-refractivity contribution in [3.63, 3.8) is 0 Å². The molecule has 0 spiro atoms. The monoisotopic (exact) mass is 240 g/mol. The Hall–Kier alpha value is -0.570. The average molecular weight is 240 g/mol. The molecular formula is C14H28N2O. The molecule has 0 radical (unpaired) electrons. The molecule has 3 heteroatoms. The van der Waals surface area contributed by atoms with E-state index in [1.54, 1.807) is 0 Å². The van der Waals surface area contributed by atoms with Crippen molar-refractivity contribution in [3.05, 3.63) is 0 Å². The number of nitrogens with two attached hydrogens (primary N) is 1. The third kappa shape index (κ3) is 4.66. The standard InChI is InChI=1S/C14H28N2O/c1-11-7-4-5-9-13(11)16(3)14(17)10-6-8-12(2)15/h11-13H,4-10,15H2,1-3H3. The van der Waals surface area contributed by atoms with Crippen LogP contribution in [-0.4, -0.2) is 29.9 Å². The van der Waals surface area contributed by atoms with Crippen molar-refractivity contribution < 1.29 is 4.79 Å². The smallest absolute Gasteiger partial charge is 0.222 e. The summed E-state index contributed by atoms with van der Waals surface area (Å²) in [6.07, 6.45) is 7.55. The van der Waals surface area contributed by atoms with Crippen molar-refractivity contribution in [3.8, 4) is 0 Å². The van der Waals surface area contributed by atoms with Crippen LogP contribution < -0.4 is 5.73 Å². The van der Waals surface area contributed by atoms with Crippen LogP contribution in [-0.2, 0) is 4.79 Å². The molecule has 3 atom stereocenters. The van der Waals surface area contributed by atoms with E-state index in [-0.39, 0.29) is 6.04 Å². The van der Waals surface area contributed by atoms with E-state index in [0.29, 0.717) is 24.3 Å².